The maximum absolute atomic E-state index is 12.5. The van der Waals surface area contributed by atoms with Gasteiger partial charge >= 0.3 is 0 Å². The van der Waals surface area contributed by atoms with Crippen LogP contribution in [0.4, 0.5) is 0 Å². The van der Waals surface area contributed by atoms with Crippen molar-refractivity contribution in [3.8, 4) is 11.5 Å². The summed E-state index contributed by atoms with van der Waals surface area (Å²) in [5.41, 5.74) is 0. The Balaban J connectivity index is 0.00000210. The molecule has 0 spiro atoms. The fourth-order valence-corrected chi connectivity index (χ4v) is 4.38. The summed E-state index contributed by atoms with van der Waals surface area (Å²) in [4.78, 5) is 15.6. The van der Waals surface area contributed by atoms with Gasteiger partial charge in [0.1, 0.15) is 13.2 Å². The van der Waals surface area contributed by atoms with Crippen LogP contribution in [0.5, 0.6) is 11.5 Å². The van der Waals surface area contributed by atoms with Gasteiger partial charge in [0.15, 0.2) is 11.5 Å². The van der Waals surface area contributed by atoms with Crippen molar-refractivity contribution in [1.29, 1.82) is 0 Å². The molecule has 4 rings (SSSR count). The van der Waals surface area contributed by atoms with Crippen LogP contribution in [0.15, 0.2) is 23.1 Å². The molecule has 2 fully saturated rings. The van der Waals surface area contributed by atoms with Crippen LogP contribution in [0.1, 0.15) is 32.1 Å². The maximum Gasteiger partial charge on any atom is 0.223 e. The average Bonchev–Trinajstić information content (AvgIpc) is 3.51. The topological polar surface area (TPSA) is 50.8 Å². The van der Waals surface area contributed by atoms with Crippen molar-refractivity contribution in [1.82, 2.24) is 10.2 Å². The number of likely N-dealkylation sites (tertiary alicyclic amines) is 1. The second-order valence-electron chi connectivity index (χ2n) is 7.41. The second-order valence-corrected chi connectivity index (χ2v) is 8.58. The van der Waals surface area contributed by atoms with E-state index in [0.29, 0.717) is 25.7 Å². The van der Waals surface area contributed by atoms with E-state index in [4.69, 9.17) is 9.47 Å². The van der Waals surface area contributed by atoms with Gasteiger partial charge in [0.05, 0.1) is 0 Å². The zero-order valence-corrected chi connectivity index (χ0v) is 17.3. The Labute approximate surface area is 171 Å². The minimum Gasteiger partial charge on any atom is -0.486 e. The van der Waals surface area contributed by atoms with Crippen molar-refractivity contribution in [3.05, 3.63) is 18.2 Å². The summed E-state index contributed by atoms with van der Waals surface area (Å²) in [5, 5.41) is 3.67. The van der Waals surface area contributed by atoms with Gasteiger partial charge in [-0.15, -0.1) is 24.2 Å². The van der Waals surface area contributed by atoms with Crippen LogP contribution in [0.2, 0.25) is 0 Å². The summed E-state index contributed by atoms with van der Waals surface area (Å²) in [6, 6.07) is 6.62. The molecule has 27 heavy (non-hydrogen) atoms. The molecular formula is C20H29ClN2O3S. The molecule has 1 aromatic carbocycles. The molecule has 2 aliphatic heterocycles. The summed E-state index contributed by atoms with van der Waals surface area (Å²) in [6.07, 6.45) is 5.57. The van der Waals surface area contributed by atoms with Gasteiger partial charge in [0.25, 0.3) is 0 Å². The van der Waals surface area contributed by atoms with Gasteiger partial charge in [-0.25, -0.2) is 0 Å². The average molecular weight is 413 g/mol. The standard InChI is InChI=1S/C20H28N2O3S.ClH/c23-20(22-8-5-16(6-9-22)21-14-15-1-2-15)7-12-26-17-3-4-18-19(13-17)25-11-10-24-18;/h3-4,13,15-16,21H,1-2,5-12,14H2;1H. The molecule has 0 unspecified atom stereocenters. The van der Waals surface area contributed by atoms with E-state index in [1.807, 2.05) is 23.1 Å². The van der Waals surface area contributed by atoms with Crippen molar-refractivity contribution in [2.24, 2.45) is 5.92 Å². The molecule has 3 aliphatic rings. The number of amides is 1. The van der Waals surface area contributed by atoms with E-state index in [2.05, 4.69) is 5.32 Å². The second kappa shape index (κ2) is 9.89. The van der Waals surface area contributed by atoms with E-state index >= 15 is 0 Å². The van der Waals surface area contributed by atoms with Gasteiger partial charge in [-0.05, 0) is 56.3 Å². The van der Waals surface area contributed by atoms with Crippen molar-refractivity contribution >= 4 is 30.1 Å². The van der Waals surface area contributed by atoms with E-state index in [1.165, 1.54) is 19.4 Å². The van der Waals surface area contributed by atoms with Gasteiger partial charge in [0.2, 0.25) is 5.91 Å². The Kier molecular flexibility index (Phi) is 7.56. The summed E-state index contributed by atoms with van der Waals surface area (Å²) < 4.78 is 11.2. The minimum absolute atomic E-state index is 0. The normalized spacial score (nSPS) is 19.5. The molecule has 0 aromatic heterocycles. The summed E-state index contributed by atoms with van der Waals surface area (Å²) in [6.45, 7) is 4.18. The van der Waals surface area contributed by atoms with Gasteiger partial charge in [-0.2, -0.15) is 0 Å². The lowest BCUT2D eigenvalue weighted by atomic mass is 10.0. The van der Waals surface area contributed by atoms with E-state index < -0.39 is 0 Å². The van der Waals surface area contributed by atoms with Crippen LogP contribution in [0, 0.1) is 5.92 Å². The number of carbonyl (C=O) groups excluding carboxylic acids is 1. The fraction of sp³-hybridized carbons (Fsp3) is 0.650. The van der Waals surface area contributed by atoms with E-state index in [-0.39, 0.29) is 18.3 Å². The van der Waals surface area contributed by atoms with Crippen LogP contribution >= 0.6 is 24.2 Å². The van der Waals surface area contributed by atoms with Gasteiger partial charge in [0, 0.05) is 36.2 Å². The first-order valence-electron chi connectivity index (χ1n) is 9.81. The first-order valence-corrected chi connectivity index (χ1v) is 10.8. The van der Waals surface area contributed by atoms with E-state index in [9.17, 15) is 4.79 Å². The van der Waals surface area contributed by atoms with Gasteiger partial charge in [-0.1, -0.05) is 0 Å². The monoisotopic (exact) mass is 412 g/mol. The van der Waals surface area contributed by atoms with Gasteiger partial charge in [-0.3, -0.25) is 4.79 Å². The molecule has 2 heterocycles. The molecule has 1 saturated heterocycles. The van der Waals surface area contributed by atoms with Gasteiger partial charge < -0.3 is 19.7 Å². The number of rotatable bonds is 7. The lowest BCUT2D eigenvalue weighted by molar-refractivity contribution is -0.131. The number of nitrogens with one attached hydrogen (secondary N) is 1. The Morgan fingerprint density at radius 3 is 2.59 bits per heavy atom. The van der Waals surface area contributed by atoms with Crippen LogP contribution in [0.3, 0.4) is 0 Å². The van der Waals surface area contributed by atoms with Crippen molar-refractivity contribution in [2.75, 3.05) is 38.6 Å². The lowest BCUT2D eigenvalue weighted by Crippen LogP contribution is -2.45. The number of nitrogens with zero attached hydrogens (tertiary/aromatic N) is 1. The highest BCUT2D eigenvalue weighted by Gasteiger charge is 2.25. The minimum atomic E-state index is 0. The molecule has 5 nitrogen and oxygen atoms in total. The third-order valence-electron chi connectivity index (χ3n) is 5.34. The molecule has 0 bridgehead atoms. The van der Waals surface area contributed by atoms with Crippen molar-refractivity contribution < 1.29 is 14.3 Å². The number of ether oxygens (including phenoxy) is 2. The number of piperidine rings is 1. The van der Waals surface area contributed by atoms with Crippen LogP contribution in [0.25, 0.3) is 0 Å². The maximum atomic E-state index is 12.5. The molecule has 1 N–H and O–H groups in total. The molecule has 7 heteroatoms. The quantitative estimate of drug-likeness (QED) is 0.696. The molecule has 1 aliphatic carbocycles. The molecule has 1 saturated carbocycles. The van der Waals surface area contributed by atoms with Crippen LogP contribution in [-0.4, -0.2) is 55.4 Å². The Morgan fingerprint density at radius 2 is 1.85 bits per heavy atom. The number of fused-ring (bicyclic) bond motifs is 1. The number of thioether (sulfide) groups is 1. The van der Waals surface area contributed by atoms with Crippen molar-refractivity contribution in [2.45, 2.75) is 43.0 Å². The lowest BCUT2D eigenvalue weighted by Gasteiger charge is -2.32. The number of halogens is 1. The predicted molar refractivity (Wildman–Crippen MR) is 110 cm³/mol. The largest absolute Gasteiger partial charge is 0.486 e. The van der Waals surface area contributed by atoms with Crippen LogP contribution < -0.4 is 14.8 Å². The third kappa shape index (κ3) is 5.93. The summed E-state index contributed by atoms with van der Waals surface area (Å²) in [5.74, 6) is 3.64. The number of hydrogen-bond acceptors (Lipinski definition) is 5. The first kappa shape index (κ1) is 20.6. The first-order chi connectivity index (χ1) is 12.8. The molecule has 150 valence electrons. The highest BCUT2D eigenvalue weighted by Crippen LogP contribution is 2.34. The highest BCUT2D eigenvalue weighted by atomic mass is 35.5. The molecule has 1 amide bonds. The fourth-order valence-electron chi connectivity index (χ4n) is 3.52. The summed E-state index contributed by atoms with van der Waals surface area (Å²) >= 11 is 1.71. The highest BCUT2D eigenvalue weighted by molar-refractivity contribution is 7.99. The number of hydrogen-bond donors (Lipinski definition) is 1. The van der Waals surface area contributed by atoms with E-state index in [0.717, 1.165) is 54.0 Å². The Hall–Kier alpha value is -1.11. The number of carbonyl (C=O) groups is 1. The third-order valence-corrected chi connectivity index (χ3v) is 6.33. The molecular weight excluding hydrogens is 384 g/mol. The predicted octanol–water partition coefficient (Wildman–Crippen LogP) is 3.35. The SMILES string of the molecule is Cl.O=C(CCSc1ccc2c(c1)OCCO2)N1CCC(NCC2CC2)CC1. The molecule has 1 aromatic rings. The zero-order chi connectivity index (χ0) is 17.8. The summed E-state index contributed by atoms with van der Waals surface area (Å²) in [7, 11) is 0. The smallest absolute Gasteiger partial charge is 0.223 e. The Bertz CT molecular complexity index is 634. The Morgan fingerprint density at radius 1 is 1.11 bits per heavy atom. The molecule has 0 atom stereocenters. The number of benzene rings is 1. The zero-order valence-electron chi connectivity index (χ0n) is 15.7. The van der Waals surface area contributed by atoms with Crippen LogP contribution in [-0.2, 0) is 4.79 Å². The van der Waals surface area contributed by atoms with Crippen molar-refractivity contribution in [3.63, 3.8) is 0 Å². The van der Waals surface area contributed by atoms with E-state index in [1.54, 1.807) is 11.8 Å². The molecule has 0 radical (unpaired) electrons.